The second-order valence-corrected chi connectivity index (χ2v) is 4.09. The zero-order chi connectivity index (χ0) is 13.1. The van der Waals surface area contributed by atoms with Gasteiger partial charge in [-0.05, 0) is 18.2 Å². The highest BCUT2D eigenvalue weighted by molar-refractivity contribution is 6.31. The van der Waals surface area contributed by atoms with Gasteiger partial charge in [0, 0.05) is 25.0 Å². The average molecular weight is 268 g/mol. The van der Waals surface area contributed by atoms with Crippen LogP contribution < -0.4 is 5.32 Å². The number of imidazole rings is 1. The summed E-state index contributed by atoms with van der Waals surface area (Å²) in [5.74, 6) is -0.0483. The summed E-state index contributed by atoms with van der Waals surface area (Å²) in [6.07, 6.45) is 3.26. The zero-order valence-corrected chi connectivity index (χ0v) is 10.4. The van der Waals surface area contributed by atoms with Crippen LogP contribution in [0.2, 0.25) is 5.02 Å². The normalized spacial score (nSPS) is 10.4. The van der Waals surface area contributed by atoms with E-state index in [0.29, 0.717) is 11.4 Å². The number of hydrogen-bond donors (Lipinski definition) is 1. The molecule has 6 heteroatoms. The molecule has 0 spiro atoms. The van der Waals surface area contributed by atoms with Gasteiger partial charge >= 0.3 is 0 Å². The quantitative estimate of drug-likeness (QED) is 0.926. The second kappa shape index (κ2) is 5.18. The summed E-state index contributed by atoms with van der Waals surface area (Å²) in [6, 6.07) is 4.33. The molecule has 0 fully saturated rings. The van der Waals surface area contributed by atoms with Crippen LogP contribution in [-0.2, 0) is 11.3 Å². The van der Waals surface area contributed by atoms with Crippen molar-refractivity contribution in [1.82, 2.24) is 14.9 Å². The SMILES string of the molecule is CNC(=O)Cn1ccnc1-c1ccc(F)c(Cl)c1. The third kappa shape index (κ3) is 2.51. The van der Waals surface area contributed by atoms with E-state index in [0.717, 1.165) is 0 Å². The van der Waals surface area contributed by atoms with Crippen molar-refractivity contribution in [2.45, 2.75) is 6.54 Å². The average Bonchev–Trinajstić information content (AvgIpc) is 2.80. The summed E-state index contributed by atoms with van der Waals surface area (Å²) in [7, 11) is 1.56. The highest BCUT2D eigenvalue weighted by Crippen LogP contribution is 2.23. The van der Waals surface area contributed by atoms with Crippen molar-refractivity contribution in [2.24, 2.45) is 0 Å². The standard InChI is InChI=1S/C12H11ClFN3O/c1-15-11(18)7-17-5-4-16-12(17)8-2-3-10(14)9(13)6-8/h2-6H,7H2,1H3,(H,15,18). The molecule has 0 saturated carbocycles. The van der Waals surface area contributed by atoms with E-state index < -0.39 is 5.82 Å². The number of carbonyl (C=O) groups is 1. The Labute approximate surface area is 108 Å². The molecule has 0 radical (unpaired) electrons. The summed E-state index contributed by atoms with van der Waals surface area (Å²) in [6.45, 7) is 0.154. The second-order valence-electron chi connectivity index (χ2n) is 3.68. The van der Waals surface area contributed by atoms with Gasteiger partial charge in [0.2, 0.25) is 5.91 Å². The van der Waals surface area contributed by atoms with Gasteiger partial charge in [0.1, 0.15) is 18.2 Å². The highest BCUT2D eigenvalue weighted by atomic mass is 35.5. The molecule has 1 aromatic heterocycles. The first-order chi connectivity index (χ1) is 8.61. The number of aromatic nitrogens is 2. The Morgan fingerprint density at radius 1 is 1.56 bits per heavy atom. The zero-order valence-electron chi connectivity index (χ0n) is 9.65. The fraction of sp³-hybridized carbons (Fsp3) is 0.167. The van der Waals surface area contributed by atoms with E-state index in [9.17, 15) is 9.18 Å². The molecule has 94 valence electrons. The molecular formula is C12H11ClFN3O. The van der Waals surface area contributed by atoms with Gasteiger partial charge in [-0.3, -0.25) is 4.79 Å². The Morgan fingerprint density at radius 3 is 3.00 bits per heavy atom. The molecule has 1 N–H and O–H groups in total. The molecule has 0 unspecified atom stereocenters. The maximum atomic E-state index is 13.1. The Morgan fingerprint density at radius 2 is 2.33 bits per heavy atom. The fourth-order valence-corrected chi connectivity index (χ4v) is 1.75. The first-order valence-electron chi connectivity index (χ1n) is 5.29. The van der Waals surface area contributed by atoms with Crippen LogP contribution in [0.25, 0.3) is 11.4 Å². The lowest BCUT2D eigenvalue weighted by Gasteiger charge is -2.07. The summed E-state index contributed by atoms with van der Waals surface area (Å²) in [5.41, 5.74) is 0.662. The van der Waals surface area contributed by atoms with Crippen molar-refractivity contribution >= 4 is 17.5 Å². The number of carbonyl (C=O) groups excluding carboxylic acids is 1. The minimum atomic E-state index is -0.482. The van der Waals surface area contributed by atoms with Gasteiger partial charge in [-0.2, -0.15) is 0 Å². The van der Waals surface area contributed by atoms with Crippen LogP contribution in [0.5, 0.6) is 0 Å². The molecule has 0 bridgehead atoms. The van der Waals surface area contributed by atoms with E-state index >= 15 is 0 Å². The van der Waals surface area contributed by atoms with Crippen molar-refractivity contribution in [3.63, 3.8) is 0 Å². The molecule has 18 heavy (non-hydrogen) atoms. The molecule has 1 aromatic carbocycles. The lowest BCUT2D eigenvalue weighted by molar-refractivity contribution is -0.121. The van der Waals surface area contributed by atoms with Crippen molar-refractivity contribution < 1.29 is 9.18 Å². The van der Waals surface area contributed by atoms with Gasteiger partial charge < -0.3 is 9.88 Å². The van der Waals surface area contributed by atoms with E-state index in [4.69, 9.17) is 11.6 Å². The summed E-state index contributed by atoms with van der Waals surface area (Å²) in [4.78, 5) is 15.5. The maximum Gasteiger partial charge on any atom is 0.239 e. The van der Waals surface area contributed by atoms with Gasteiger partial charge in [-0.25, -0.2) is 9.37 Å². The molecule has 2 rings (SSSR count). The minimum Gasteiger partial charge on any atom is -0.358 e. The molecule has 0 aliphatic heterocycles. The van der Waals surface area contributed by atoms with Crippen molar-refractivity contribution in [3.8, 4) is 11.4 Å². The van der Waals surface area contributed by atoms with Crippen LogP contribution in [0.4, 0.5) is 4.39 Å². The lowest BCUT2D eigenvalue weighted by atomic mass is 10.2. The number of halogens is 2. The number of rotatable bonds is 3. The number of likely N-dealkylation sites (N-methyl/N-ethyl adjacent to an activating group) is 1. The first-order valence-corrected chi connectivity index (χ1v) is 5.66. The fourth-order valence-electron chi connectivity index (χ4n) is 1.57. The van der Waals surface area contributed by atoms with Crippen LogP contribution in [0.15, 0.2) is 30.6 Å². The number of nitrogens with one attached hydrogen (secondary N) is 1. The van der Waals surface area contributed by atoms with Gasteiger partial charge in [-0.1, -0.05) is 11.6 Å². The van der Waals surface area contributed by atoms with Crippen LogP contribution >= 0.6 is 11.6 Å². The molecule has 4 nitrogen and oxygen atoms in total. The Hall–Kier alpha value is -1.88. The first kappa shape index (κ1) is 12.6. The third-order valence-corrected chi connectivity index (χ3v) is 2.78. The number of benzene rings is 1. The predicted octanol–water partition coefficient (Wildman–Crippen LogP) is 2.09. The number of amides is 1. The number of nitrogens with zero attached hydrogens (tertiary/aromatic N) is 2. The molecule has 0 aliphatic rings. The maximum absolute atomic E-state index is 13.1. The van der Waals surface area contributed by atoms with Crippen molar-refractivity contribution in [1.29, 1.82) is 0 Å². The van der Waals surface area contributed by atoms with Crippen molar-refractivity contribution in [3.05, 3.63) is 41.4 Å². The van der Waals surface area contributed by atoms with Gasteiger partial charge in [0.05, 0.1) is 5.02 Å². The topological polar surface area (TPSA) is 46.9 Å². The molecular weight excluding hydrogens is 257 g/mol. The van der Waals surface area contributed by atoms with Crippen LogP contribution in [0, 0.1) is 5.82 Å². The number of hydrogen-bond acceptors (Lipinski definition) is 2. The van der Waals surface area contributed by atoms with E-state index in [-0.39, 0.29) is 17.5 Å². The van der Waals surface area contributed by atoms with Gasteiger partial charge in [-0.15, -0.1) is 0 Å². The van der Waals surface area contributed by atoms with Crippen LogP contribution in [0.1, 0.15) is 0 Å². The van der Waals surface area contributed by atoms with Crippen LogP contribution in [0.3, 0.4) is 0 Å². The molecule has 0 saturated heterocycles. The molecule has 1 amide bonds. The summed E-state index contributed by atoms with van der Waals surface area (Å²) in [5, 5.41) is 2.56. The van der Waals surface area contributed by atoms with Crippen molar-refractivity contribution in [2.75, 3.05) is 7.05 Å². The summed E-state index contributed by atoms with van der Waals surface area (Å²) < 4.78 is 14.8. The smallest absolute Gasteiger partial charge is 0.239 e. The Balaban J connectivity index is 2.36. The lowest BCUT2D eigenvalue weighted by Crippen LogP contribution is -2.23. The van der Waals surface area contributed by atoms with Crippen LogP contribution in [-0.4, -0.2) is 22.5 Å². The van der Waals surface area contributed by atoms with Gasteiger partial charge in [0.25, 0.3) is 0 Å². The molecule has 0 atom stereocenters. The van der Waals surface area contributed by atoms with Gasteiger partial charge in [0.15, 0.2) is 0 Å². The Bertz CT molecular complexity index is 582. The minimum absolute atomic E-state index is 0.0296. The molecule has 0 aliphatic carbocycles. The summed E-state index contributed by atoms with van der Waals surface area (Å²) >= 11 is 5.72. The van der Waals surface area contributed by atoms with E-state index in [1.54, 1.807) is 30.1 Å². The molecule has 2 aromatic rings. The van der Waals surface area contributed by atoms with E-state index in [2.05, 4.69) is 10.3 Å². The highest BCUT2D eigenvalue weighted by Gasteiger charge is 2.10. The monoisotopic (exact) mass is 267 g/mol. The predicted molar refractivity (Wildman–Crippen MR) is 66.7 cm³/mol. The molecule has 1 heterocycles. The Kier molecular flexibility index (Phi) is 3.62. The largest absolute Gasteiger partial charge is 0.358 e. The van der Waals surface area contributed by atoms with E-state index in [1.807, 2.05) is 0 Å². The van der Waals surface area contributed by atoms with E-state index in [1.165, 1.54) is 12.1 Å². The third-order valence-electron chi connectivity index (χ3n) is 2.49.